The molecular formula is C9H14N2O3S. The van der Waals surface area contributed by atoms with Crippen molar-refractivity contribution in [2.45, 2.75) is 13.0 Å². The number of aromatic nitrogens is 1. The van der Waals surface area contributed by atoms with Crippen LogP contribution in [-0.4, -0.2) is 42.4 Å². The van der Waals surface area contributed by atoms with E-state index in [4.69, 9.17) is 4.74 Å². The number of methoxy groups -OCH3 is 1. The summed E-state index contributed by atoms with van der Waals surface area (Å²) in [5.41, 5.74) is 2.33. The van der Waals surface area contributed by atoms with Crippen molar-refractivity contribution in [1.82, 2.24) is 10.3 Å². The number of rotatable bonds is 5. The number of aliphatic hydroxyl groups is 1. The van der Waals surface area contributed by atoms with Gasteiger partial charge in [-0.3, -0.25) is 4.79 Å². The van der Waals surface area contributed by atoms with Crippen molar-refractivity contribution in [2.75, 3.05) is 20.3 Å². The molecule has 0 fully saturated rings. The van der Waals surface area contributed by atoms with E-state index in [0.717, 1.165) is 0 Å². The van der Waals surface area contributed by atoms with Crippen LogP contribution in [0.15, 0.2) is 5.51 Å². The third kappa shape index (κ3) is 3.58. The highest BCUT2D eigenvalue weighted by molar-refractivity contribution is 7.11. The summed E-state index contributed by atoms with van der Waals surface area (Å²) in [5.74, 6) is -0.204. The molecule has 0 saturated carbocycles. The van der Waals surface area contributed by atoms with Crippen molar-refractivity contribution in [3.05, 3.63) is 16.1 Å². The maximum Gasteiger partial charge on any atom is 0.263 e. The van der Waals surface area contributed by atoms with Crippen molar-refractivity contribution in [2.24, 2.45) is 0 Å². The molecular weight excluding hydrogens is 216 g/mol. The number of nitrogens with one attached hydrogen (secondary N) is 1. The third-order valence-corrected chi connectivity index (χ3v) is 2.74. The summed E-state index contributed by atoms with van der Waals surface area (Å²) in [6.45, 7) is 2.17. The first-order valence-electron chi connectivity index (χ1n) is 4.50. The zero-order valence-electron chi connectivity index (χ0n) is 8.69. The van der Waals surface area contributed by atoms with Gasteiger partial charge >= 0.3 is 0 Å². The van der Waals surface area contributed by atoms with Gasteiger partial charge in [-0.15, -0.1) is 11.3 Å². The van der Waals surface area contributed by atoms with Crippen LogP contribution in [0.25, 0.3) is 0 Å². The van der Waals surface area contributed by atoms with Gasteiger partial charge in [0.15, 0.2) is 0 Å². The number of aryl methyl sites for hydroxylation is 1. The van der Waals surface area contributed by atoms with E-state index in [9.17, 15) is 9.90 Å². The zero-order valence-corrected chi connectivity index (χ0v) is 9.50. The molecule has 0 saturated heterocycles. The van der Waals surface area contributed by atoms with Gasteiger partial charge in [-0.2, -0.15) is 0 Å². The molecule has 1 amide bonds. The zero-order chi connectivity index (χ0) is 11.3. The molecule has 0 radical (unpaired) electrons. The van der Waals surface area contributed by atoms with Crippen molar-refractivity contribution < 1.29 is 14.6 Å². The Balaban J connectivity index is 2.40. The average Bonchev–Trinajstić information content (AvgIpc) is 2.61. The molecule has 6 heteroatoms. The van der Waals surface area contributed by atoms with E-state index in [1.54, 1.807) is 12.4 Å². The van der Waals surface area contributed by atoms with Crippen LogP contribution in [0.4, 0.5) is 0 Å². The molecule has 1 rings (SSSR count). The van der Waals surface area contributed by atoms with Gasteiger partial charge in [-0.25, -0.2) is 4.98 Å². The number of amides is 1. The van der Waals surface area contributed by atoms with Crippen molar-refractivity contribution >= 4 is 17.2 Å². The van der Waals surface area contributed by atoms with Crippen LogP contribution in [0, 0.1) is 6.92 Å². The van der Waals surface area contributed by atoms with Crippen LogP contribution < -0.4 is 5.32 Å². The molecule has 0 aliphatic heterocycles. The Labute approximate surface area is 92.1 Å². The Morgan fingerprint density at radius 3 is 3.07 bits per heavy atom. The number of aliphatic hydroxyl groups excluding tert-OH is 1. The topological polar surface area (TPSA) is 71.5 Å². The van der Waals surface area contributed by atoms with E-state index >= 15 is 0 Å². The van der Waals surface area contributed by atoms with Crippen LogP contribution >= 0.6 is 11.3 Å². The number of ether oxygens (including phenoxy) is 1. The third-order valence-electron chi connectivity index (χ3n) is 1.81. The minimum absolute atomic E-state index is 0.185. The molecule has 1 aromatic rings. The molecule has 2 N–H and O–H groups in total. The second kappa shape index (κ2) is 5.79. The molecule has 84 valence electrons. The molecule has 1 heterocycles. The summed E-state index contributed by atoms with van der Waals surface area (Å²) in [4.78, 5) is 16.1. The summed E-state index contributed by atoms with van der Waals surface area (Å²) in [7, 11) is 1.50. The minimum atomic E-state index is -0.674. The van der Waals surface area contributed by atoms with Crippen LogP contribution in [0.1, 0.15) is 15.4 Å². The lowest BCUT2D eigenvalue weighted by molar-refractivity contribution is 0.0610. The quantitative estimate of drug-likeness (QED) is 0.757. The van der Waals surface area contributed by atoms with Gasteiger partial charge in [-0.05, 0) is 6.92 Å². The molecule has 0 spiro atoms. The Hall–Kier alpha value is -0.980. The molecule has 1 aromatic heterocycles. The molecule has 1 atom stereocenters. The van der Waals surface area contributed by atoms with E-state index in [1.165, 1.54) is 18.4 Å². The highest BCUT2D eigenvalue weighted by Crippen LogP contribution is 2.11. The first-order chi connectivity index (χ1) is 7.15. The lowest BCUT2D eigenvalue weighted by Gasteiger charge is -2.09. The largest absolute Gasteiger partial charge is 0.389 e. The summed E-state index contributed by atoms with van der Waals surface area (Å²) < 4.78 is 4.74. The maximum absolute atomic E-state index is 11.5. The SMILES string of the molecule is COCC(O)CNC(=O)c1scnc1C. The number of carbonyl (C=O) groups is 1. The molecule has 5 nitrogen and oxygen atoms in total. The number of hydrogen-bond acceptors (Lipinski definition) is 5. The normalized spacial score (nSPS) is 12.5. The van der Waals surface area contributed by atoms with E-state index in [0.29, 0.717) is 10.6 Å². The second-order valence-corrected chi connectivity index (χ2v) is 3.94. The number of thiazole rings is 1. The predicted molar refractivity (Wildman–Crippen MR) is 57.1 cm³/mol. The highest BCUT2D eigenvalue weighted by Gasteiger charge is 2.12. The standard InChI is InChI=1S/C9H14N2O3S/c1-6-8(15-5-11-6)9(13)10-3-7(12)4-14-2/h5,7,12H,3-4H2,1-2H3,(H,10,13). The Morgan fingerprint density at radius 1 is 1.80 bits per heavy atom. The van der Waals surface area contributed by atoms with Crippen LogP contribution in [-0.2, 0) is 4.74 Å². The van der Waals surface area contributed by atoms with Crippen molar-refractivity contribution in [1.29, 1.82) is 0 Å². The fourth-order valence-corrected chi connectivity index (χ4v) is 1.78. The van der Waals surface area contributed by atoms with Gasteiger partial charge in [-0.1, -0.05) is 0 Å². The number of carbonyl (C=O) groups excluding carboxylic acids is 1. The predicted octanol–water partition coefficient (Wildman–Crippen LogP) is 0.189. The van der Waals surface area contributed by atoms with Crippen molar-refractivity contribution in [3.8, 4) is 0 Å². The summed E-state index contributed by atoms with van der Waals surface area (Å²) in [5, 5.41) is 11.9. The fourth-order valence-electron chi connectivity index (χ4n) is 1.06. The number of hydrogen-bond donors (Lipinski definition) is 2. The van der Waals surface area contributed by atoms with Gasteiger partial charge < -0.3 is 15.2 Å². The fraction of sp³-hybridized carbons (Fsp3) is 0.556. The Kier molecular flexibility index (Phi) is 4.67. The molecule has 0 aliphatic carbocycles. The van der Waals surface area contributed by atoms with E-state index < -0.39 is 6.10 Å². The molecule has 15 heavy (non-hydrogen) atoms. The summed E-state index contributed by atoms with van der Waals surface area (Å²) in [6.07, 6.45) is -0.674. The lowest BCUT2D eigenvalue weighted by Crippen LogP contribution is -2.34. The van der Waals surface area contributed by atoms with Crippen LogP contribution in [0.2, 0.25) is 0 Å². The molecule has 0 bridgehead atoms. The van der Waals surface area contributed by atoms with E-state index in [2.05, 4.69) is 10.3 Å². The van der Waals surface area contributed by atoms with Gasteiger partial charge in [0.1, 0.15) is 4.88 Å². The van der Waals surface area contributed by atoms with Gasteiger partial charge in [0, 0.05) is 13.7 Å². The van der Waals surface area contributed by atoms with Crippen LogP contribution in [0.5, 0.6) is 0 Å². The number of nitrogens with zero attached hydrogens (tertiary/aromatic N) is 1. The Morgan fingerprint density at radius 2 is 2.53 bits per heavy atom. The lowest BCUT2D eigenvalue weighted by atomic mass is 10.3. The van der Waals surface area contributed by atoms with Crippen molar-refractivity contribution in [3.63, 3.8) is 0 Å². The average molecular weight is 230 g/mol. The van der Waals surface area contributed by atoms with Gasteiger partial charge in [0.25, 0.3) is 5.91 Å². The molecule has 1 unspecified atom stereocenters. The summed E-state index contributed by atoms with van der Waals surface area (Å²) >= 11 is 1.29. The van der Waals surface area contributed by atoms with Gasteiger partial charge in [0.2, 0.25) is 0 Å². The molecule has 0 aliphatic rings. The molecule has 0 aromatic carbocycles. The Bertz CT molecular complexity index is 327. The first-order valence-corrected chi connectivity index (χ1v) is 5.38. The van der Waals surface area contributed by atoms with E-state index in [1.807, 2.05) is 0 Å². The second-order valence-electron chi connectivity index (χ2n) is 3.09. The van der Waals surface area contributed by atoms with E-state index in [-0.39, 0.29) is 19.1 Å². The minimum Gasteiger partial charge on any atom is -0.389 e. The van der Waals surface area contributed by atoms with Gasteiger partial charge in [0.05, 0.1) is 23.9 Å². The summed E-state index contributed by atoms with van der Waals surface area (Å²) in [6, 6.07) is 0. The van der Waals surface area contributed by atoms with Crippen LogP contribution in [0.3, 0.4) is 0 Å². The smallest absolute Gasteiger partial charge is 0.263 e. The maximum atomic E-state index is 11.5. The highest BCUT2D eigenvalue weighted by atomic mass is 32.1. The first kappa shape index (κ1) is 12.1. The monoisotopic (exact) mass is 230 g/mol.